The SMILES string of the molecule is N[C@H]1CCCC[C@H]1Nc1nccc(Nc2ccc(-c3cccnc3)cc2)n1. The lowest BCUT2D eigenvalue weighted by atomic mass is 9.91. The molecule has 1 aliphatic rings. The van der Waals surface area contributed by atoms with Crippen molar-refractivity contribution in [2.75, 3.05) is 10.6 Å². The molecule has 0 aliphatic heterocycles. The first-order valence-electron chi connectivity index (χ1n) is 9.40. The molecule has 0 radical (unpaired) electrons. The summed E-state index contributed by atoms with van der Waals surface area (Å²) < 4.78 is 0. The van der Waals surface area contributed by atoms with Crippen molar-refractivity contribution in [3.63, 3.8) is 0 Å². The van der Waals surface area contributed by atoms with Gasteiger partial charge in [0.2, 0.25) is 5.95 Å². The number of hydrogen-bond acceptors (Lipinski definition) is 6. The predicted octanol–water partition coefficient (Wildman–Crippen LogP) is 3.96. The average Bonchev–Trinajstić information content (AvgIpc) is 2.71. The zero-order valence-electron chi connectivity index (χ0n) is 15.2. The lowest BCUT2D eigenvalue weighted by Crippen LogP contribution is -2.42. The summed E-state index contributed by atoms with van der Waals surface area (Å²) in [5.74, 6) is 1.38. The van der Waals surface area contributed by atoms with Gasteiger partial charge in [0.1, 0.15) is 5.82 Å². The molecule has 0 spiro atoms. The number of benzene rings is 1. The quantitative estimate of drug-likeness (QED) is 0.638. The summed E-state index contributed by atoms with van der Waals surface area (Å²) in [5.41, 5.74) is 9.41. The number of nitrogens with zero attached hydrogens (tertiary/aromatic N) is 3. The molecule has 2 atom stereocenters. The van der Waals surface area contributed by atoms with E-state index in [4.69, 9.17) is 5.73 Å². The van der Waals surface area contributed by atoms with Crippen LogP contribution in [0.1, 0.15) is 25.7 Å². The topological polar surface area (TPSA) is 88.8 Å². The van der Waals surface area contributed by atoms with Crippen molar-refractivity contribution in [2.24, 2.45) is 5.73 Å². The normalized spacial score (nSPS) is 19.4. The molecule has 1 aliphatic carbocycles. The van der Waals surface area contributed by atoms with E-state index < -0.39 is 0 Å². The molecule has 1 aromatic carbocycles. The average molecular weight is 360 g/mol. The van der Waals surface area contributed by atoms with Crippen LogP contribution in [-0.4, -0.2) is 27.0 Å². The van der Waals surface area contributed by atoms with Gasteiger partial charge in [-0.05, 0) is 48.2 Å². The fourth-order valence-corrected chi connectivity index (χ4v) is 3.43. The van der Waals surface area contributed by atoms with Crippen molar-refractivity contribution in [3.05, 3.63) is 61.1 Å². The molecule has 4 rings (SSSR count). The molecule has 0 unspecified atom stereocenters. The Morgan fingerprint density at radius 2 is 1.78 bits per heavy atom. The number of nitrogens with two attached hydrogens (primary N) is 1. The fraction of sp³-hybridized carbons (Fsp3) is 0.286. The minimum Gasteiger partial charge on any atom is -0.350 e. The van der Waals surface area contributed by atoms with E-state index in [1.165, 1.54) is 12.8 Å². The molecule has 138 valence electrons. The summed E-state index contributed by atoms with van der Waals surface area (Å²) in [5, 5.41) is 6.73. The molecule has 1 saturated carbocycles. The maximum atomic E-state index is 6.21. The van der Waals surface area contributed by atoms with Crippen molar-refractivity contribution in [3.8, 4) is 11.1 Å². The number of hydrogen-bond donors (Lipinski definition) is 3. The minimum atomic E-state index is 0.166. The van der Waals surface area contributed by atoms with Gasteiger partial charge in [-0.3, -0.25) is 4.98 Å². The Bertz CT molecular complexity index is 865. The molecule has 2 heterocycles. The van der Waals surface area contributed by atoms with Gasteiger partial charge in [0, 0.05) is 36.4 Å². The highest BCUT2D eigenvalue weighted by Gasteiger charge is 2.22. The number of nitrogens with one attached hydrogen (secondary N) is 2. The van der Waals surface area contributed by atoms with E-state index in [0.717, 1.165) is 35.5 Å². The molecule has 6 heteroatoms. The van der Waals surface area contributed by atoms with E-state index in [-0.39, 0.29) is 12.1 Å². The van der Waals surface area contributed by atoms with Gasteiger partial charge in [0.25, 0.3) is 0 Å². The molecule has 0 bridgehead atoms. The first kappa shape index (κ1) is 17.4. The van der Waals surface area contributed by atoms with Crippen LogP contribution in [0.3, 0.4) is 0 Å². The summed E-state index contributed by atoms with van der Waals surface area (Å²) in [6.45, 7) is 0. The second-order valence-electron chi connectivity index (χ2n) is 6.91. The van der Waals surface area contributed by atoms with E-state index in [1.54, 1.807) is 12.4 Å². The molecule has 6 nitrogen and oxygen atoms in total. The second kappa shape index (κ2) is 8.14. The highest BCUT2D eigenvalue weighted by Crippen LogP contribution is 2.23. The Kier molecular flexibility index (Phi) is 5.25. The molecule has 4 N–H and O–H groups in total. The molecule has 27 heavy (non-hydrogen) atoms. The first-order chi connectivity index (χ1) is 13.3. The van der Waals surface area contributed by atoms with E-state index >= 15 is 0 Å². The summed E-state index contributed by atoms with van der Waals surface area (Å²) in [6, 6.07) is 14.5. The van der Waals surface area contributed by atoms with Gasteiger partial charge in [-0.15, -0.1) is 0 Å². The molecule has 3 aromatic rings. The zero-order valence-corrected chi connectivity index (χ0v) is 15.2. The molecule has 0 saturated heterocycles. The van der Waals surface area contributed by atoms with E-state index in [2.05, 4.69) is 37.7 Å². The van der Waals surface area contributed by atoms with Gasteiger partial charge in [0.15, 0.2) is 0 Å². The van der Waals surface area contributed by atoms with Crippen LogP contribution in [0.15, 0.2) is 61.1 Å². The Balaban J connectivity index is 1.43. The van der Waals surface area contributed by atoms with Crippen LogP contribution < -0.4 is 16.4 Å². The second-order valence-corrected chi connectivity index (χ2v) is 6.91. The highest BCUT2D eigenvalue weighted by atomic mass is 15.2. The summed E-state index contributed by atoms with van der Waals surface area (Å²) in [6.07, 6.45) is 9.93. The van der Waals surface area contributed by atoms with Crippen LogP contribution in [0.5, 0.6) is 0 Å². The molecule has 2 aromatic heterocycles. The monoisotopic (exact) mass is 360 g/mol. The molecular weight excluding hydrogens is 336 g/mol. The maximum absolute atomic E-state index is 6.21. The number of pyridine rings is 1. The van der Waals surface area contributed by atoms with E-state index in [0.29, 0.717) is 5.95 Å². The van der Waals surface area contributed by atoms with Gasteiger partial charge in [-0.25, -0.2) is 4.98 Å². The molecule has 1 fully saturated rings. The van der Waals surface area contributed by atoms with Crippen LogP contribution in [0.4, 0.5) is 17.5 Å². The van der Waals surface area contributed by atoms with Crippen LogP contribution in [0.25, 0.3) is 11.1 Å². The summed E-state index contributed by atoms with van der Waals surface area (Å²) in [7, 11) is 0. The van der Waals surface area contributed by atoms with Gasteiger partial charge in [0.05, 0.1) is 0 Å². The smallest absolute Gasteiger partial charge is 0.224 e. The highest BCUT2D eigenvalue weighted by molar-refractivity contribution is 5.67. The predicted molar refractivity (Wildman–Crippen MR) is 109 cm³/mol. The molecular formula is C21H24N6. The lowest BCUT2D eigenvalue weighted by molar-refractivity contribution is 0.402. The standard InChI is InChI=1S/C21H24N6/c22-18-5-1-2-6-19(18)26-21-24-13-11-20(27-21)25-17-9-7-15(8-10-17)16-4-3-12-23-14-16/h3-4,7-14,18-19H,1-2,5-6,22H2,(H2,24,25,26,27)/t18-,19+/m0/s1. The third-order valence-corrected chi connectivity index (χ3v) is 4.94. The van der Waals surface area contributed by atoms with E-state index in [9.17, 15) is 0 Å². The zero-order chi connectivity index (χ0) is 18.5. The minimum absolute atomic E-state index is 0.166. The largest absolute Gasteiger partial charge is 0.350 e. The summed E-state index contributed by atoms with van der Waals surface area (Å²) >= 11 is 0. The van der Waals surface area contributed by atoms with Gasteiger partial charge >= 0.3 is 0 Å². The van der Waals surface area contributed by atoms with Crippen LogP contribution in [0, 0.1) is 0 Å². The van der Waals surface area contributed by atoms with Gasteiger partial charge in [-0.2, -0.15) is 4.98 Å². The lowest BCUT2D eigenvalue weighted by Gasteiger charge is -2.29. The van der Waals surface area contributed by atoms with Crippen LogP contribution in [-0.2, 0) is 0 Å². The third-order valence-electron chi connectivity index (χ3n) is 4.94. The van der Waals surface area contributed by atoms with E-state index in [1.807, 2.05) is 36.5 Å². The fourth-order valence-electron chi connectivity index (χ4n) is 3.43. The maximum Gasteiger partial charge on any atom is 0.224 e. The van der Waals surface area contributed by atoms with Gasteiger partial charge < -0.3 is 16.4 Å². The van der Waals surface area contributed by atoms with Crippen molar-refractivity contribution >= 4 is 17.5 Å². The van der Waals surface area contributed by atoms with Crippen molar-refractivity contribution in [1.82, 2.24) is 15.0 Å². The van der Waals surface area contributed by atoms with Crippen LogP contribution >= 0.6 is 0 Å². The number of aromatic nitrogens is 3. The molecule has 0 amide bonds. The van der Waals surface area contributed by atoms with Crippen molar-refractivity contribution in [2.45, 2.75) is 37.8 Å². The summed E-state index contributed by atoms with van der Waals surface area (Å²) in [4.78, 5) is 13.1. The third kappa shape index (κ3) is 4.41. The Hall–Kier alpha value is -2.99. The number of anilines is 3. The van der Waals surface area contributed by atoms with Gasteiger partial charge in [-0.1, -0.05) is 31.0 Å². The van der Waals surface area contributed by atoms with Crippen molar-refractivity contribution < 1.29 is 0 Å². The first-order valence-corrected chi connectivity index (χ1v) is 9.40. The Morgan fingerprint density at radius 1 is 0.926 bits per heavy atom. The van der Waals surface area contributed by atoms with Crippen LogP contribution in [0.2, 0.25) is 0 Å². The Labute approximate surface area is 159 Å². The number of rotatable bonds is 5. The van der Waals surface area contributed by atoms with Crippen molar-refractivity contribution in [1.29, 1.82) is 0 Å². The Morgan fingerprint density at radius 3 is 2.56 bits per heavy atom.